The Bertz CT molecular complexity index is 1420. The number of rotatable bonds is 46. The molecule has 0 radical (unpaired) electrons. The van der Waals surface area contributed by atoms with Crippen LogP contribution in [0.3, 0.4) is 0 Å². The summed E-state index contributed by atoms with van der Waals surface area (Å²) in [6.07, 6.45) is 67.3. The molecule has 0 amide bonds. The minimum Gasteiger partial charge on any atom is -0.255 e. The third kappa shape index (κ3) is 37.6. The molecule has 0 saturated heterocycles. The largest absolute Gasteiger partial charge is 0.255 e. The van der Waals surface area contributed by atoms with Crippen LogP contribution in [0.5, 0.6) is 0 Å². The number of nitrogens with zero attached hydrogens (tertiary/aromatic N) is 2. The molecule has 65 heavy (non-hydrogen) atoms. The summed E-state index contributed by atoms with van der Waals surface area (Å²) in [7, 11) is 0. The maximum atomic E-state index is 5.23. The molecule has 0 aliphatic carbocycles. The summed E-state index contributed by atoms with van der Waals surface area (Å²) in [4.78, 5) is 10.3. The van der Waals surface area contributed by atoms with Crippen molar-refractivity contribution < 1.29 is 20.4 Å². The molecule has 0 heterocycles. The van der Waals surface area contributed by atoms with Gasteiger partial charge in [-0.2, -0.15) is 0 Å². The smallest absolute Gasteiger partial charge is 0.0665 e. The number of benzene rings is 2. The van der Waals surface area contributed by atoms with E-state index in [1.54, 1.807) is 0 Å². The average molecular weight is 984 g/mol. The molecule has 0 fully saturated rings. The van der Waals surface area contributed by atoms with Crippen molar-refractivity contribution in [3.05, 3.63) is 84.0 Å². The predicted octanol–water partition coefficient (Wildman–Crippen LogP) is 21.6. The van der Waals surface area contributed by atoms with Crippen LogP contribution < -0.4 is 0 Å². The Morgan fingerprint density at radius 3 is 1.05 bits per heavy atom. The molecule has 0 unspecified atom stereocenters. The molecule has 2 rings (SSSR count). The molecule has 2 aromatic carbocycles. The van der Waals surface area contributed by atoms with Gasteiger partial charge in [0.05, 0.1) is 17.1 Å². The second-order valence-electron chi connectivity index (χ2n) is 19.4. The van der Waals surface area contributed by atoms with Crippen molar-refractivity contribution >= 4 is 23.3 Å². The van der Waals surface area contributed by atoms with E-state index in [1.165, 1.54) is 229 Å². The van der Waals surface area contributed by atoms with Gasteiger partial charge in [0.1, 0.15) is 0 Å². The molecule has 0 aliphatic rings. The molecular weight excluding hydrogens is 879 g/mol. The topological polar surface area (TPSA) is 24.7 Å². The second-order valence-corrected chi connectivity index (χ2v) is 19.4. The molecule has 0 bridgehead atoms. The number of hydrogen-bond donors (Lipinski definition) is 0. The van der Waals surface area contributed by atoms with Crippen LogP contribution in [0.25, 0.3) is 0 Å². The number of hydrogen-bond acceptors (Lipinski definition) is 2. The first kappa shape index (κ1) is 60.9. The zero-order chi connectivity index (χ0) is 45.5. The third-order valence-electron chi connectivity index (χ3n) is 13.3. The van der Waals surface area contributed by atoms with Gasteiger partial charge < -0.3 is 0 Å². The fourth-order valence-corrected chi connectivity index (χ4v) is 9.06. The van der Waals surface area contributed by atoms with E-state index >= 15 is 0 Å². The van der Waals surface area contributed by atoms with Crippen molar-refractivity contribution in [1.82, 2.24) is 0 Å². The molecule has 0 N–H and O–H groups in total. The Kier molecular flexibility index (Phi) is 45.4. The summed E-state index contributed by atoms with van der Waals surface area (Å²) >= 11 is 0. The quantitative estimate of drug-likeness (QED) is 0.0273. The van der Waals surface area contributed by atoms with Crippen LogP contribution in [0.4, 0.5) is 11.4 Å². The number of aliphatic imine (C=N–C) groups is 2. The van der Waals surface area contributed by atoms with E-state index in [9.17, 15) is 0 Å². The molecule has 0 spiro atoms. The first-order chi connectivity index (χ1) is 31.8. The molecule has 0 saturated carbocycles. The SMILES string of the molecule is CCCCCCCCCCCCCCCCCC/C=C/CCc1ccccc1/N=C(\C=N\c1ccccc1CC/C=C/CCCCCCCCCCCCCCCCCC)CCCC.[Pd]. The van der Waals surface area contributed by atoms with Crippen LogP contribution in [0.2, 0.25) is 0 Å². The van der Waals surface area contributed by atoms with Crippen LogP contribution in [-0.2, 0) is 33.3 Å². The van der Waals surface area contributed by atoms with Crippen LogP contribution in [0.15, 0.2) is 82.8 Å². The molecule has 2 aromatic rings. The van der Waals surface area contributed by atoms with Crippen LogP contribution >= 0.6 is 0 Å². The Hall–Kier alpha value is -2.08. The van der Waals surface area contributed by atoms with Gasteiger partial charge in [-0.1, -0.05) is 281 Å². The minimum absolute atomic E-state index is 0. The number of unbranched alkanes of at least 4 members (excludes halogenated alkanes) is 33. The van der Waals surface area contributed by atoms with Gasteiger partial charge in [0.2, 0.25) is 0 Å². The van der Waals surface area contributed by atoms with Gasteiger partial charge in [-0.25, -0.2) is 0 Å². The van der Waals surface area contributed by atoms with Crippen LogP contribution in [0.1, 0.15) is 282 Å². The Morgan fingerprint density at radius 1 is 0.354 bits per heavy atom. The molecule has 2 nitrogen and oxygen atoms in total. The fourth-order valence-electron chi connectivity index (χ4n) is 9.06. The normalized spacial score (nSPS) is 12.1. The van der Waals surface area contributed by atoms with E-state index in [0.717, 1.165) is 62.0 Å². The van der Waals surface area contributed by atoms with E-state index < -0.39 is 0 Å². The van der Waals surface area contributed by atoms with Crippen molar-refractivity contribution in [2.24, 2.45) is 9.98 Å². The monoisotopic (exact) mass is 983 g/mol. The van der Waals surface area contributed by atoms with Gasteiger partial charge >= 0.3 is 0 Å². The predicted molar refractivity (Wildman–Crippen MR) is 291 cm³/mol. The number of aryl methyl sites for hydroxylation is 2. The van der Waals surface area contributed by atoms with E-state index in [2.05, 4.69) is 99.8 Å². The summed E-state index contributed by atoms with van der Waals surface area (Å²) in [5.41, 5.74) is 5.94. The molecule has 372 valence electrons. The van der Waals surface area contributed by atoms with Crippen molar-refractivity contribution in [3.63, 3.8) is 0 Å². The maximum Gasteiger partial charge on any atom is 0.0665 e. The van der Waals surface area contributed by atoms with E-state index in [0.29, 0.717) is 0 Å². The van der Waals surface area contributed by atoms with E-state index in [-0.39, 0.29) is 20.4 Å². The first-order valence-corrected chi connectivity index (χ1v) is 28.4. The first-order valence-electron chi connectivity index (χ1n) is 28.4. The summed E-state index contributed by atoms with van der Waals surface area (Å²) in [6, 6.07) is 17.5. The van der Waals surface area contributed by atoms with Crippen molar-refractivity contribution in [2.75, 3.05) is 0 Å². The Morgan fingerprint density at radius 2 is 0.662 bits per heavy atom. The molecule has 0 aliphatic heterocycles. The van der Waals surface area contributed by atoms with Gasteiger partial charge in [0.25, 0.3) is 0 Å². The second kappa shape index (κ2) is 48.4. The van der Waals surface area contributed by atoms with Crippen molar-refractivity contribution in [1.29, 1.82) is 0 Å². The standard InChI is InChI=1S/C62H104N2.Pd/c1-4-7-10-12-14-16-18-20-22-24-26-28-30-32-34-36-38-40-42-44-50-58-52-46-48-55-61(58)63-57-60(54-9-6-3)64-62-56-49-47-53-59(62)51-45-43-41-39-37-35-33-31-29-27-25-23-21-19-17-15-13-11-8-5-2;/h40-43,46-49,52-53,55-57H,4-39,44-45,50-51,54H2,1-3H3;/b42-40+,43-41+,63-57+,64-60-;. The Balaban J connectivity index is 0.0000211. The number of para-hydroxylation sites is 2. The maximum absolute atomic E-state index is 5.23. The average Bonchev–Trinajstić information content (AvgIpc) is 3.31. The molecular formula is C62H104N2Pd. The summed E-state index contributed by atoms with van der Waals surface area (Å²) in [6.45, 7) is 6.87. The Labute approximate surface area is 419 Å². The van der Waals surface area contributed by atoms with Gasteiger partial charge in [-0.15, -0.1) is 0 Å². The van der Waals surface area contributed by atoms with Gasteiger partial charge in [-0.05, 0) is 87.5 Å². The van der Waals surface area contributed by atoms with E-state index in [1.807, 2.05) is 0 Å². The minimum atomic E-state index is 0. The molecule has 0 aromatic heterocycles. The summed E-state index contributed by atoms with van der Waals surface area (Å²) in [5, 5.41) is 0. The van der Waals surface area contributed by atoms with Gasteiger partial charge in [0, 0.05) is 26.6 Å². The van der Waals surface area contributed by atoms with Gasteiger partial charge in [0.15, 0.2) is 0 Å². The zero-order valence-electron chi connectivity index (χ0n) is 43.2. The summed E-state index contributed by atoms with van der Waals surface area (Å²) < 4.78 is 0. The van der Waals surface area contributed by atoms with Crippen LogP contribution in [-0.4, -0.2) is 11.9 Å². The fraction of sp³-hybridized carbons (Fsp3) is 0.710. The van der Waals surface area contributed by atoms with Crippen molar-refractivity contribution in [3.8, 4) is 0 Å². The summed E-state index contributed by atoms with van der Waals surface area (Å²) in [5.74, 6) is 0. The van der Waals surface area contributed by atoms with Crippen LogP contribution in [0, 0.1) is 0 Å². The van der Waals surface area contributed by atoms with E-state index in [4.69, 9.17) is 9.98 Å². The number of allylic oxidation sites excluding steroid dienone is 4. The zero-order valence-corrected chi connectivity index (χ0v) is 44.8. The molecule has 0 atom stereocenters. The molecule has 3 heteroatoms. The van der Waals surface area contributed by atoms with Crippen molar-refractivity contribution in [2.45, 2.75) is 284 Å². The van der Waals surface area contributed by atoms with Gasteiger partial charge in [-0.3, -0.25) is 9.98 Å². The third-order valence-corrected chi connectivity index (χ3v) is 13.3.